The lowest BCUT2D eigenvalue weighted by atomic mass is 10.1. The number of nitrogens with two attached hydrogens (primary N) is 1. The van der Waals surface area contributed by atoms with Crippen LogP contribution in [0, 0.1) is 6.92 Å². The molecule has 1 heterocycles. The van der Waals surface area contributed by atoms with Gasteiger partial charge in [-0.3, -0.25) is 9.59 Å². The van der Waals surface area contributed by atoms with Gasteiger partial charge in [-0.15, -0.1) is 11.3 Å². The van der Waals surface area contributed by atoms with Gasteiger partial charge in [-0.25, -0.2) is 0 Å². The number of hydrogen-bond acceptors (Lipinski definition) is 5. The molecule has 2 aromatic rings. The highest BCUT2D eigenvalue weighted by molar-refractivity contribution is 9.10. The van der Waals surface area contributed by atoms with Crippen molar-refractivity contribution in [3.63, 3.8) is 0 Å². The predicted octanol–water partition coefficient (Wildman–Crippen LogP) is 3.76. The van der Waals surface area contributed by atoms with Crippen molar-refractivity contribution >= 4 is 44.1 Å². The van der Waals surface area contributed by atoms with Gasteiger partial charge < -0.3 is 20.5 Å². The molecule has 0 aliphatic heterocycles. The number of anilines is 1. The normalized spacial score (nSPS) is 10.6. The lowest BCUT2D eigenvalue weighted by Gasteiger charge is -2.10. The van der Waals surface area contributed by atoms with E-state index >= 15 is 0 Å². The summed E-state index contributed by atoms with van der Waals surface area (Å²) in [5.41, 5.74) is 7.21. The molecule has 2 rings (SSSR count). The van der Waals surface area contributed by atoms with E-state index < -0.39 is 5.91 Å². The minimum atomic E-state index is -0.537. The van der Waals surface area contributed by atoms with Crippen LogP contribution in [0.25, 0.3) is 0 Å². The highest BCUT2D eigenvalue weighted by atomic mass is 79.9. The molecule has 0 saturated carbocycles. The third-order valence-electron chi connectivity index (χ3n) is 3.78. The highest BCUT2D eigenvalue weighted by Gasteiger charge is 2.21. The summed E-state index contributed by atoms with van der Waals surface area (Å²) in [5.74, 6) is -0.234. The van der Waals surface area contributed by atoms with Crippen LogP contribution >= 0.6 is 27.3 Å². The van der Waals surface area contributed by atoms with Gasteiger partial charge in [-0.05, 0) is 53.0 Å². The number of benzene rings is 1. The lowest BCUT2D eigenvalue weighted by Crippen LogP contribution is -2.18. The van der Waals surface area contributed by atoms with Crippen LogP contribution < -0.4 is 15.8 Å². The molecular weight excluding hydrogens is 420 g/mol. The van der Waals surface area contributed by atoms with E-state index in [1.165, 1.54) is 11.3 Å². The monoisotopic (exact) mass is 440 g/mol. The zero-order valence-corrected chi connectivity index (χ0v) is 17.3. The van der Waals surface area contributed by atoms with Gasteiger partial charge in [0.25, 0.3) is 11.8 Å². The minimum absolute atomic E-state index is 0.319. The first-order valence-corrected chi connectivity index (χ1v) is 9.64. The number of thiophene rings is 1. The first-order chi connectivity index (χ1) is 12.4. The second-order valence-corrected chi connectivity index (χ2v) is 7.58. The molecule has 0 saturated heterocycles. The fraction of sp³-hybridized carbons (Fsp3) is 0.333. The molecule has 0 radical (unpaired) electrons. The van der Waals surface area contributed by atoms with Crippen LogP contribution in [0.3, 0.4) is 0 Å². The molecule has 6 nitrogen and oxygen atoms in total. The summed E-state index contributed by atoms with van der Waals surface area (Å²) in [4.78, 5) is 25.4. The van der Waals surface area contributed by atoms with E-state index in [2.05, 4.69) is 21.2 Å². The average molecular weight is 441 g/mol. The van der Waals surface area contributed by atoms with Crippen LogP contribution in [0.1, 0.15) is 38.1 Å². The van der Waals surface area contributed by atoms with Gasteiger partial charge in [0.05, 0.1) is 16.6 Å². The largest absolute Gasteiger partial charge is 0.490 e. The molecule has 1 aromatic carbocycles. The van der Waals surface area contributed by atoms with Crippen LogP contribution in [0.15, 0.2) is 22.7 Å². The summed E-state index contributed by atoms with van der Waals surface area (Å²) in [6, 6.07) is 5.04. The van der Waals surface area contributed by atoms with Crippen molar-refractivity contribution in [1.29, 1.82) is 0 Å². The Morgan fingerprint density at radius 3 is 2.62 bits per heavy atom. The molecule has 140 valence electrons. The third-order valence-corrected chi connectivity index (χ3v) is 5.46. The van der Waals surface area contributed by atoms with Gasteiger partial charge in [0.2, 0.25) is 0 Å². The second kappa shape index (κ2) is 9.16. The minimum Gasteiger partial charge on any atom is -0.490 e. The number of amides is 2. The SMILES string of the molecule is CCc1c(C)sc(NC(=O)c2ccc(OCCOC)c(Br)c2)c1C(N)=O. The van der Waals surface area contributed by atoms with Crippen LogP contribution in [-0.4, -0.2) is 32.1 Å². The Morgan fingerprint density at radius 2 is 2.04 bits per heavy atom. The number of rotatable bonds is 8. The number of nitrogens with one attached hydrogen (secondary N) is 1. The molecule has 8 heteroatoms. The molecule has 0 spiro atoms. The van der Waals surface area contributed by atoms with Crippen molar-refractivity contribution in [3.05, 3.63) is 44.2 Å². The number of hydrogen-bond donors (Lipinski definition) is 2. The van der Waals surface area contributed by atoms with Crippen molar-refractivity contribution in [3.8, 4) is 5.75 Å². The van der Waals surface area contributed by atoms with E-state index in [1.807, 2.05) is 13.8 Å². The molecule has 0 bridgehead atoms. The van der Waals surface area contributed by atoms with Crippen molar-refractivity contribution in [2.45, 2.75) is 20.3 Å². The molecule has 0 aliphatic carbocycles. The van der Waals surface area contributed by atoms with Crippen LogP contribution in [-0.2, 0) is 11.2 Å². The first kappa shape index (κ1) is 20.4. The maximum atomic E-state index is 12.6. The van der Waals surface area contributed by atoms with E-state index in [9.17, 15) is 9.59 Å². The zero-order chi connectivity index (χ0) is 19.3. The van der Waals surface area contributed by atoms with E-state index in [4.69, 9.17) is 15.2 Å². The van der Waals surface area contributed by atoms with Crippen molar-refractivity contribution in [2.75, 3.05) is 25.6 Å². The number of carbonyl (C=O) groups is 2. The predicted molar refractivity (Wildman–Crippen MR) is 106 cm³/mol. The molecule has 0 unspecified atom stereocenters. The summed E-state index contributed by atoms with van der Waals surface area (Å²) in [6.07, 6.45) is 0.676. The van der Waals surface area contributed by atoms with Crippen molar-refractivity contribution < 1.29 is 19.1 Å². The summed E-state index contributed by atoms with van der Waals surface area (Å²) in [5, 5.41) is 3.28. The Balaban J connectivity index is 2.20. The maximum Gasteiger partial charge on any atom is 0.256 e. The second-order valence-electron chi connectivity index (χ2n) is 5.50. The lowest BCUT2D eigenvalue weighted by molar-refractivity contribution is 0.100. The molecule has 2 amide bonds. The molecule has 0 aliphatic rings. The maximum absolute atomic E-state index is 12.6. The van der Waals surface area contributed by atoms with E-state index in [0.29, 0.717) is 46.0 Å². The summed E-state index contributed by atoms with van der Waals surface area (Å²) in [7, 11) is 1.60. The third kappa shape index (κ3) is 4.63. The van der Waals surface area contributed by atoms with Gasteiger partial charge in [-0.1, -0.05) is 6.92 Å². The quantitative estimate of drug-likeness (QED) is 0.611. The van der Waals surface area contributed by atoms with Crippen LogP contribution in [0.5, 0.6) is 5.75 Å². The fourth-order valence-electron chi connectivity index (χ4n) is 2.52. The smallest absolute Gasteiger partial charge is 0.256 e. The molecule has 1 aromatic heterocycles. The number of aryl methyl sites for hydroxylation is 1. The Hall–Kier alpha value is -1.90. The topological polar surface area (TPSA) is 90.7 Å². The summed E-state index contributed by atoms with van der Waals surface area (Å²) < 4.78 is 11.2. The van der Waals surface area contributed by atoms with Crippen molar-refractivity contribution in [1.82, 2.24) is 0 Å². The van der Waals surface area contributed by atoms with Gasteiger partial charge >= 0.3 is 0 Å². The zero-order valence-electron chi connectivity index (χ0n) is 14.8. The van der Waals surface area contributed by atoms with Gasteiger partial charge in [0.1, 0.15) is 17.4 Å². The highest BCUT2D eigenvalue weighted by Crippen LogP contribution is 2.34. The first-order valence-electron chi connectivity index (χ1n) is 8.03. The Kier molecular flexibility index (Phi) is 7.19. The van der Waals surface area contributed by atoms with Gasteiger partial charge in [0.15, 0.2) is 0 Å². The number of ether oxygens (including phenoxy) is 2. The van der Waals surface area contributed by atoms with E-state index in [-0.39, 0.29) is 5.91 Å². The standard InChI is InChI=1S/C18H21BrN2O4S/c1-4-12-10(2)26-18(15(12)16(20)22)21-17(23)11-5-6-14(13(19)9-11)25-8-7-24-3/h5-6,9H,4,7-8H2,1-3H3,(H2,20,22)(H,21,23). The molecule has 0 atom stereocenters. The number of halogens is 1. The Morgan fingerprint density at radius 1 is 1.31 bits per heavy atom. The van der Waals surface area contributed by atoms with Gasteiger partial charge in [-0.2, -0.15) is 0 Å². The van der Waals surface area contributed by atoms with Crippen molar-refractivity contribution in [2.24, 2.45) is 5.73 Å². The number of carbonyl (C=O) groups excluding carboxylic acids is 2. The summed E-state index contributed by atoms with van der Waals surface area (Å²) in [6.45, 7) is 4.75. The molecular formula is C18H21BrN2O4S. The Bertz CT molecular complexity index is 820. The molecule has 3 N–H and O–H groups in total. The number of primary amides is 1. The number of methoxy groups -OCH3 is 1. The van der Waals surface area contributed by atoms with Crippen LogP contribution in [0.4, 0.5) is 5.00 Å². The van der Waals surface area contributed by atoms with Crippen LogP contribution in [0.2, 0.25) is 0 Å². The fourth-order valence-corrected chi connectivity index (χ4v) is 4.16. The average Bonchev–Trinajstić information content (AvgIpc) is 2.91. The summed E-state index contributed by atoms with van der Waals surface area (Å²) >= 11 is 4.76. The molecule has 26 heavy (non-hydrogen) atoms. The van der Waals surface area contributed by atoms with Gasteiger partial charge in [0, 0.05) is 17.6 Å². The van der Waals surface area contributed by atoms with E-state index in [0.717, 1.165) is 10.4 Å². The Labute approximate surface area is 164 Å². The van der Waals surface area contributed by atoms with E-state index in [1.54, 1.807) is 25.3 Å². The molecule has 0 fully saturated rings.